The van der Waals surface area contributed by atoms with Gasteiger partial charge in [-0.25, -0.2) is 0 Å². The van der Waals surface area contributed by atoms with Gasteiger partial charge in [0.1, 0.15) is 12.1 Å². The maximum absolute atomic E-state index is 13.4. The average Bonchev–Trinajstić information content (AvgIpc) is 3.13. The summed E-state index contributed by atoms with van der Waals surface area (Å²) < 4.78 is 45.2. The van der Waals surface area contributed by atoms with Crippen molar-refractivity contribution in [1.82, 2.24) is 20.9 Å². The van der Waals surface area contributed by atoms with Crippen molar-refractivity contribution in [3.05, 3.63) is 24.2 Å². The van der Waals surface area contributed by atoms with Crippen molar-refractivity contribution in [1.29, 1.82) is 0 Å². The summed E-state index contributed by atoms with van der Waals surface area (Å²) in [4.78, 5) is 25.8. The van der Waals surface area contributed by atoms with Crippen LogP contribution in [0.2, 0.25) is 0 Å². The topological polar surface area (TPSA) is 86.6 Å². The zero-order valence-corrected chi connectivity index (χ0v) is 16.5. The second-order valence-electron chi connectivity index (χ2n) is 6.76. The molecule has 0 spiro atoms. The van der Waals surface area contributed by atoms with Gasteiger partial charge in [-0.1, -0.05) is 13.8 Å². The fraction of sp³-hybridized carbons (Fsp3) is 0.647. The molecule has 1 aromatic heterocycles. The number of hydrogen-bond acceptors (Lipinski definition) is 5. The van der Waals surface area contributed by atoms with Gasteiger partial charge < -0.3 is 20.4 Å². The molecule has 160 valence electrons. The Bertz CT molecular complexity index is 620. The molecule has 1 aliphatic rings. The normalized spacial score (nSPS) is 17.5. The number of alkyl halides is 3. The molecule has 11 heteroatoms. The number of rotatable bonds is 7. The molecule has 2 atom stereocenters. The summed E-state index contributed by atoms with van der Waals surface area (Å²) in [6.07, 6.45) is -3.14. The zero-order valence-electron chi connectivity index (χ0n) is 15.7. The molecular weight excluding hydrogens is 401 g/mol. The van der Waals surface area contributed by atoms with E-state index in [0.717, 1.165) is 0 Å². The Kier molecular flexibility index (Phi) is 9.25. The van der Waals surface area contributed by atoms with Crippen LogP contribution in [0.15, 0.2) is 22.8 Å². The summed E-state index contributed by atoms with van der Waals surface area (Å²) in [5, 5.41) is 7.86. The molecule has 1 saturated heterocycles. The molecule has 0 bridgehead atoms. The molecule has 2 heterocycles. The van der Waals surface area contributed by atoms with E-state index < -0.39 is 36.6 Å². The van der Waals surface area contributed by atoms with Gasteiger partial charge in [0.05, 0.1) is 6.26 Å². The molecule has 28 heavy (non-hydrogen) atoms. The van der Waals surface area contributed by atoms with Crippen LogP contribution < -0.4 is 16.0 Å². The molecule has 1 fully saturated rings. The molecule has 2 rings (SSSR count). The Labute approximate surface area is 167 Å². The van der Waals surface area contributed by atoms with Gasteiger partial charge in [-0.05, 0) is 18.1 Å². The fourth-order valence-corrected chi connectivity index (χ4v) is 2.91. The molecule has 1 aliphatic heterocycles. The van der Waals surface area contributed by atoms with Crippen molar-refractivity contribution in [2.75, 3.05) is 32.7 Å². The summed E-state index contributed by atoms with van der Waals surface area (Å²) in [7, 11) is 0. The fourth-order valence-electron chi connectivity index (χ4n) is 2.91. The lowest BCUT2D eigenvalue weighted by molar-refractivity contribution is -0.184. The first-order chi connectivity index (χ1) is 12.7. The number of carbonyl (C=O) groups is 2. The Hall–Kier alpha value is -1.78. The first-order valence-electron chi connectivity index (χ1n) is 8.83. The van der Waals surface area contributed by atoms with E-state index in [0.29, 0.717) is 13.1 Å². The molecular formula is C17H26ClF3N4O3. The third-order valence-electron chi connectivity index (χ3n) is 4.42. The Morgan fingerprint density at radius 2 is 1.93 bits per heavy atom. The smallest absolute Gasteiger partial charge is 0.405 e. The van der Waals surface area contributed by atoms with E-state index >= 15 is 0 Å². The quantitative estimate of drug-likeness (QED) is 0.613. The number of carbonyl (C=O) groups excluding carboxylic acids is 2. The Morgan fingerprint density at radius 3 is 2.43 bits per heavy atom. The molecule has 7 nitrogen and oxygen atoms in total. The minimum Gasteiger partial charge on any atom is -0.459 e. The third kappa shape index (κ3) is 6.68. The number of halogens is 4. The summed E-state index contributed by atoms with van der Waals surface area (Å²) in [5.41, 5.74) is 0. The maximum Gasteiger partial charge on any atom is 0.405 e. The number of nitrogens with zero attached hydrogens (tertiary/aromatic N) is 1. The van der Waals surface area contributed by atoms with Crippen molar-refractivity contribution < 1.29 is 27.2 Å². The lowest BCUT2D eigenvalue weighted by Gasteiger charge is -2.36. The highest BCUT2D eigenvalue weighted by Crippen LogP contribution is 2.24. The van der Waals surface area contributed by atoms with Crippen LogP contribution in [0.4, 0.5) is 13.2 Å². The predicted molar refractivity (Wildman–Crippen MR) is 99.3 cm³/mol. The van der Waals surface area contributed by atoms with Crippen molar-refractivity contribution in [2.24, 2.45) is 5.92 Å². The predicted octanol–water partition coefficient (Wildman–Crippen LogP) is 1.41. The van der Waals surface area contributed by atoms with E-state index in [1.165, 1.54) is 23.3 Å². The van der Waals surface area contributed by atoms with Crippen LogP contribution in [0, 0.1) is 5.92 Å². The molecule has 2 unspecified atom stereocenters. The summed E-state index contributed by atoms with van der Waals surface area (Å²) in [6, 6.07) is 0.229. The van der Waals surface area contributed by atoms with Crippen LogP contribution in [0.5, 0.6) is 0 Å². The van der Waals surface area contributed by atoms with Gasteiger partial charge in [-0.2, -0.15) is 13.2 Å². The lowest BCUT2D eigenvalue weighted by atomic mass is 10.0. The summed E-state index contributed by atoms with van der Waals surface area (Å²) in [5.74, 6) is -1.53. The zero-order chi connectivity index (χ0) is 20.0. The van der Waals surface area contributed by atoms with E-state index in [-0.39, 0.29) is 37.2 Å². The number of amides is 2. The Morgan fingerprint density at radius 1 is 1.29 bits per heavy atom. The van der Waals surface area contributed by atoms with E-state index in [9.17, 15) is 22.8 Å². The number of nitrogens with one attached hydrogen (secondary N) is 3. The number of hydrogen-bond donors (Lipinski definition) is 3. The third-order valence-corrected chi connectivity index (χ3v) is 4.42. The molecule has 3 N–H and O–H groups in total. The summed E-state index contributed by atoms with van der Waals surface area (Å²) in [6.45, 7) is 4.27. The number of piperazine rings is 1. The van der Waals surface area contributed by atoms with Crippen molar-refractivity contribution >= 4 is 24.2 Å². The van der Waals surface area contributed by atoms with Gasteiger partial charge in [0.25, 0.3) is 5.91 Å². The Balaban J connectivity index is 0.00000392. The SMILES string of the molecule is CC(C)C(NC(=O)c1ccco1)C(=O)NCC(N1CCNCC1)C(F)(F)F.Cl. The highest BCUT2D eigenvalue weighted by molar-refractivity contribution is 5.95. The molecule has 0 radical (unpaired) electrons. The van der Waals surface area contributed by atoms with Crippen LogP contribution >= 0.6 is 12.4 Å². The van der Waals surface area contributed by atoms with Gasteiger partial charge >= 0.3 is 6.18 Å². The molecule has 1 aromatic rings. The summed E-state index contributed by atoms with van der Waals surface area (Å²) >= 11 is 0. The molecule has 0 aromatic carbocycles. The highest BCUT2D eigenvalue weighted by Gasteiger charge is 2.44. The second-order valence-corrected chi connectivity index (χ2v) is 6.76. The average molecular weight is 427 g/mol. The van der Waals surface area contributed by atoms with E-state index in [1.807, 2.05) is 0 Å². The van der Waals surface area contributed by atoms with Crippen LogP contribution in [0.3, 0.4) is 0 Å². The van der Waals surface area contributed by atoms with E-state index in [2.05, 4.69) is 16.0 Å². The van der Waals surface area contributed by atoms with Crippen molar-refractivity contribution in [3.8, 4) is 0 Å². The number of furan rings is 1. The van der Waals surface area contributed by atoms with Crippen LogP contribution in [-0.4, -0.2) is 67.7 Å². The maximum atomic E-state index is 13.4. The first kappa shape index (κ1) is 24.3. The van der Waals surface area contributed by atoms with Crippen LogP contribution in [0.25, 0.3) is 0 Å². The van der Waals surface area contributed by atoms with Crippen molar-refractivity contribution in [3.63, 3.8) is 0 Å². The molecule has 0 saturated carbocycles. The van der Waals surface area contributed by atoms with Crippen LogP contribution in [0.1, 0.15) is 24.4 Å². The van der Waals surface area contributed by atoms with Crippen molar-refractivity contribution in [2.45, 2.75) is 32.1 Å². The highest BCUT2D eigenvalue weighted by atomic mass is 35.5. The van der Waals surface area contributed by atoms with Crippen LogP contribution in [-0.2, 0) is 4.79 Å². The molecule has 2 amide bonds. The van der Waals surface area contributed by atoms with Gasteiger partial charge in [-0.15, -0.1) is 12.4 Å². The minimum atomic E-state index is -4.46. The van der Waals surface area contributed by atoms with E-state index in [1.54, 1.807) is 13.8 Å². The minimum absolute atomic E-state index is 0. The molecule has 0 aliphatic carbocycles. The second kappa shape index (κ2) is 10.7. The first-order valence-corrected chi connectivity index (χ1v) is 8.83. The van der Waals surface area contributed by atoms with Gasteiger partial charge in [0.15, 0.2) is 5.76 Å². The van der Waals surface area contributed by atoms with Gasteiger partial charge in [-0.3, -0.25) is 14.5 Å². The van der Waals surface area contributed by atoms with Gasteiger partial charge in [0.2, 0.25) is 5.91 Å². The monoisotopic (exact) mass is 426 g/mol. The standard InChI is InChI=1S/C17H25F3N4O3.ClH/c1-11(2)14(23-15(25)12-4-3-9-27-12)16(26)22-10-13(17(18,19)20)24-7-5-21-6-8-24;/h3-4,9,11,13-14,21H,5-8,10H2,1-2H3,(H,22,26)(H,23,25);1H. The van der Waals surface area contributed by atoms with Gasteiger partial charge in [0, 0.05) is 32.7 Å². The largest absolute Gasteiger partial charge is 0.459 e. The lowest BCUT2D eigenvalue weighted by Crippen LogP contribution is -2.59. The van der Waals surface area contributed by atoms with E-state index in [4.69, 9.17) is 4.42 Å².